The molecule has 0 spiro atoms. The van der Waals surface area contributed by atoms with Crippen molar-refractivity contribution < 1.29 is 9.59 Å². The van der Waals surface area contributed by atoms with Crippen molar-refractivity contribution >= 4 is 29.2 Å². The highest BCUT2D eigenvalue weighted by Crippen LogP contribution is 2.27. The third kappa shape index (κ3) is 4.92. The summed E-state index contributed by atoms with van der Waals surface area (Å²) in [6, 6.07) is 1.83. The molecule has 0 bridgehead atoms. The van der Waals surface area contributed by atoms with Crippen LogP contribution < -0.4 is 10.2 Å². The second-order valence-corrected chi connectivity index (χ2v) is 8.24. The first kappa shape index (κ1) is 19.9. The minimum absolute atomic E-state index is 0.0105. The van der Waals surface area contributed by atoms with Gasteiger partial charge in [0.2, 0.25) is 5.91 Å². The van der Waals surface area contributed by atoms with Crippen LogP contribution >= 0.6 is 11.6 Å². The molecule has 1 aromatic heterocycles. The highest BCUT2D eigenvalue weighted by atomic mass is 35.5. The average molecular weight is 393 g/mol. The van der Waals surface area contributed by atoms with E-state index in [2.05, 4.69) is 15.2 Å². The molecule has 2 aliphatic heterocycles. The van der Waals surface area contributed by atoms with E-state index < -0.39 is 0 Å². The molecule has 27 heavy (non-hydrogen) atoms. The molecule has 1 unspecified atom stereocenters. The monoisotopic (exact) mass is 392 g/mol. The number of pyridine rings is 1. The summed E-state index contributed by atoms with van der Waals surface area (Å²) in [6.07, 6.45) is 6.86. The molecule has 6 nitrogen and oxygen atoms in total. The Morgan fingerprint density at radius 2 is 1.93 bits per heavy atom. The Morgan fingerprint density at radius 3 is 2.59 bits per heavy atom. The number of halogens is 1. The third-order valence-corrected chi connectivity index (χ3v) is 5.58. The van der Waals surface area contributed by atoms with E-state index in [1.165, 1.54) is 6.42 Å². The van der Waals surface area contributed by atoms with Crippen LogP contribution in [0.15, 0.2) is 12.3 Å². The van der Waals surface area contributed by atoms with Crippen molar-refractivity contribution in [2.75, 3.05) is 31.1 Å². The standard InChI is InChI=1S/C20H29ClN4O2/c1-14(2)19(26)23-16-7-6-10-25(13-16)18-17(21)11-15(12-22-18)20(27)24-8-4-3-5-9-24/h11-12,14,16H,3-10,13H2,1-2H3,(H,23,26). The van der Waals surface area contributed by atoms with Crippen LogP contribution in [-0.2, 0) is 4.79 Å². The summed E-state index contributed by atoms with van der Waals surface area (Å²) in [6.45, 7) is 6.94. The third-order valence-electron chi connectivity index (χ3n) is 5.30. The number of piperidine rings is 2. The summed E-state index contributed by atoms with van der Waals surface area (Å²) in [5.41, 5.74) is 0.548. The van der Waals surface area contributed by atoms with Gasteiger partial charge in [-0.15, -0.1) is 0 Å². The summed E-state index contributed by atoms with van der Waals surface area (Å²) < 4.78 is 0. The molecule has 148 valence electrons. The highest BCUT2D eigenvalue weighted by molar-refractivity contribution is 6.33. The van der Waals surface area contributed by atoms with E-state index in [1.807, 2.05) is 18.7 Å². The number of aromatic nitrogens is 1. The van der Waals surface area contributed by atoms with Crippen molar-refractivity contribution in [3.63, 3.8) is 0 Å². The van der Waals surface area contributed by atoms with Crippen LogP contribution in [0.1, 0.15) is 56.3 Å². The summed E-state index contributed by atoms with van der Waals surface area (Å²) in [5, 5.41) is 3.59. The van der Waals surface area contributed by atoms with E-state index in [4.69, 9.17) is 11.6 Å². The molecule has 2 aliphatic rings. The molecule has 0 aromatic carbocycles. The van der Waals surface area contributed by atoms with Gasteiger partial charge < -0.3 is 15.1 Å². The van der Waals surface area contributed by atoms with Crippen molar-refractivity contribution in [2.24, 2.45) is 5.92 Å². The maximum atomic E-state index is 12.6. The first-order chi connectivity index (χ1) is 13.0. The lowest BCUT2D eigenvalue weighted by molar-refractivity contribution is -0.124. The first-order valence-corrected chi connectivity index (χ1v) is 10.3. The minimum Gasteiger partial charge on any atom is -0.353 e. The summed E-state index contributed by atoms with van der Waals surface area (Å²) >= 11 is 6.49. The zero-order valence-corrected chi connectivity index (χ0v) is 17.0. The van der Waals surface area contributed by atoms with E-state index in [0.717, 1.165) is 45.3 Å². The van der Waals surface area contributed by atoms with Crippen molar-refractivity contribution in [1.29, 1.82) is 0 Å². The average Bonchev–Trinajstić information content (AvgIpc) is 2.68. The molecule has 2 fully saturated rings. The van der Waals surface area contributed by atoms with Crippen LogP contribution in [0, 0.1) is 5.92 Å². The Kier molecular flexibility index (Phi) is 6.58. The van der Waals surface area contributed by atoms with Gasteiger partial charge in [0, 0.05) is 44.3 Å². The van der Waals surface area contributed by atoms with Crippen LogP contribution in [0.3, 0.4) is 0 Å². The van der Waals surface area contributed by atoms with E-state index in [1.54, 1.807) is 12.3 Å². The number of hydrogen-bond acceptors (Lipinski definition) is 4. The van der Waals surface area contributed by atoms with Crippen LogP contribution in [0.25, 0.3) is 0 Å². The molecule has 2 saturated heterocycles. The topological polar surface area (TPSA) is 65.5 Å². The molecular formula is C20H29ClN4O2. The fraction of sp³-hybridized carbons (Fsp3) is 0.650. The van der Waals surface area contributed by atoms with Crippen LogP contribution in [-0.4, -0.2) is 53.9 Å². The Balaban J connectivity index is 1.67. The first-order valence-electron chi connectivity index (χ1n) is 9.96. The minimum atomic E-state index is -0.0258. The molecule has 0 saturated carbocycles. The fourth-order valence-electron chi connectivity index (χ4n) is 3.72. The molecule has 7 heteroatoms. The Labute approximate surface area is 166 Å². The lowest BCUT2D eigenvalue weighted by atomic mass is 10.0. The van der Waals surface area contributed by atoms with Crippen LogP contribution in [0.5, 0.6) is 0 Å². The lowest BCUT2D eigenvalue weighted by Crippen LogP contribution is -2.49. The maximum absolute atomic E-state index is 12.6. The van der Waals surface area contributed by atoms with Crippen molar-refractivity contribution in [3.05, 3.63) is 22.8 Å². The highest BCUT2D eigenvalue weighted by Gasteiger charge is 2.25. The number of nitrogens with zero attached hydrogens (tertiary/aromatic N) is 3. The smallest absolute Gasteiger partial charge is 0.255 e. The lowest BCUT2D eigenvalue weighted by Gasteiger charge is -2.34. The largest absolute Gasteiger partial charge is 0.353 e. The Bertz CT molecular complexity index is 689. The van der Waals surface area contributed by atoms with Gasteiger partial charge in [0.05, 0.1) is 10.6 Å². The number of amides is 2. The van der Waals surface area contributed by atoms with Gasteiger partial charge >= 0.3 is 0 Å². The van der Waals surface area contributed by atoms with Gasteiger partial charge in [0.1, 0.15) is 5.82 Å². The van der Waals surface area contributed by atoms with Gasteiger partial charge in [-0.3, -0.25) is 9.59 Å². The van der Waals surface area contributed by atoms with Gasteiger partial charge in [0.15, 0.2) is 0 Å². The van der Waals surface area contributed by atoms with E-state index >= 15 is 0 Å². The quantitative estimate of drug-likeness (QED) is 0.855. The van der Waals surface area contributed by atoms with Gasteiger partial charge in [-0.25, -0.2) is 4.98 Å². The number of rotatable bonds is 4. The molecule has 1 aromatic rings. The van der Waals surface area contributed by atoms with E-state index in [-0.39, 0.29) is 23.8 Å². The summed E-state index contributed by atoms with van der Waals surface area (Å²) in [4.78, 5) is 33.1. The van der Waals surface area contributed by atoms with Crippen molar-refractivity contribution in [3.8, 4) is 0 Å². The molecular weight excluding hydrogens is 364 g/mol. The predicted molar refractivity (Wildman–Crippen MR) is 107 cm³/mol. The molecule has 3 heterocycles. The number of hydrogen-bond donors (Lipinski definition) is 1. The Morgan fingerprint density at radius 1 is 1.19 bits per heavy atom. The van der Waals surface area contributed by atoms with Gasteiger partial charge in [-0.1, -0.05) is 25.4 Å². The number of carbonyl (C=O) groups is 2. The fourth-order valence-corrected chi connectivity index (χ4v) is 4.00. The number of likely N-dealkylation sites (tertiary alicyclic amines) is 1. The maximum Gasteiger partial charge on any atom is 0.255 e. The molecule has 3 rings (SSSR count). The second-order valence-electron chi connectivity index (χ2n) is 7.83. The molecule has 1 N–H and O–H groups in total. The number of carbonyl (C=O) groups excluding carboxylic acids is 2. The van der Waals surface area contributed by atoms with Crippen LogP contribution in [0.4, 0.5) is 5.82 Å². The molecule has 0 radical (unpaired) electrons. The summed E-state index contributed by atoms with van der Waals surface area (Å²) in [7, 11) is 0. The molecule has 0 aliphatic carbocycles. The van der Waals surface area contributed by atoms with Gasteiger partial charge in [0.25, 0.3) is 5.91 Å². The van der Waals surface area contributed by atoms with Gasteiger partial charge in [-0.05, 0) is 38.2 Å². The molecule has 2 amide bonds. The van der Waals surface area contributed by atoms with Crippen molar-refractivity contribution in [2.45, 2.75) is 52.0 Å². The normalized spacial score (nSPS) is 20.7. The van der Waals surface area contributed by atoms with Crippen LogP contribution in [0.2, 0.25) is 5.02 Å². The zero-order chi connectivity index (χ0) is 19.4. The predicted octanol–water partition coefficient (Wildman–Crippen LogP) is 3.10. The number of nitrogens with one attached hydrogen (secondary N) is 1. The van der Waals surface area contributed by atoms with Crippen molar-refractivity contribution in [1.82, 2.24) is 15.2 Å². The van der Waals surface area contributed by atoms with Gasteiger partial charge in [-0.2, -0.15) is 0 Å². The number of anilines is 1. The summed E-state index contributed by atoms with van der Waals surface area (Å²) in [5.74, 6) is 0.747. The zero-order valence-electron chi connectivity index (χ0n) is 16.2. The Hall–Kier alpha value is -1.82. The van der Waals surface area contributed by atoms with E-state index in [0.29, 0.717) is 22.9 Å². The van der Waals surface area contributed by atoms with E-state index in [9.17, 15) is 9.59 Å². The SMILES string of the molecule is CC(C)C(=O)NC1CCCN(c2ncc(C(=O)N3CCCCC3)cc2Cl)C1. The molecule has 1 atom stereocenters. The second kappa shape index (κ2) is 8.91.